The van der Waals surface area contributed by atoms with Gasteiger partial charge >= 0.3 is 0 Å². The number of hydrogen-bond donors (Lipinski definition) is 2. The summed E-state index contributed by atoms with van der Waals surface area (Å²) in [6.07, 6.45) is 2.12. The average Bonchev–Trinajstić information content (AvgIpc) is 2.57. The summed E-state index contributed by atoms with van der Waals surface area (Å²) in [6.45, 7) is 7.75. The lowest BCUT2D eigenvalue weighted by Gasteiger charge is -2.16. The van der Waals surface area contributed by atoms with Gasteiger partial charge in [0.25, 0.3) is 0 Å². The van der Waals surface area contributed by atoms with Crippen molar-refractivity contribution in [2.45, 2.75) is 32.9 Å². The Balaban J connectivity index is 2.22. The fourth-order valence-electron chi connectivity index (χ4n) is 1.72. The van der Waals surface area contributed by atoms with E-state index in [-0.39, 0.29) is 0 Å². The van der Waals surface area contributed by atoms with Crippen LogP contribution in [-0.2, 0) is 6.54 Å². The number of aromatic amines is 1. The Morgan fingerprint density at radius 1 is 1.20 bits per heavy atom. The molecule has 0 aliphatic heterocycles. The number of nitrogens with one attached hydrogen (secondary N) is 1. The summed E-state index contributed by atoms with van der Waals surface area (Å²) in [5.74, 6) is 0. The lowest BCUT2D eigenvalue weighted by molar-refractivity contribution is -0.731. The van der Waals surface area contributed by atoms with Gasteiger partial charge < -0.3 is 10.3 Å². The van der Waals surface area contributed by atoms with Crippen molar-refractivity contribution in [2.75, 3.05) is 0 Å². The molecule has 1 aromatic heterocycles. The number of fused-ring (bicyclic) bond motifs is 1. The summed E-state index contributed by atoms with van der Waals surface area (Å²) in [7, 11) is 0. The Kier molecular flexibility index (Phi) is 2.53. The second kappa shape index (κ2) is 3.70. The molecule has 0 aliphatic rings. The average molecular weight is 203 g/mol. The largest absolute Gasteiger partial charge is 0.361 e. The molecule has 0 unspecified atom stereocenters. The standard InChI is InChI=1S/C13H18N2/c1-13(2,3)15-9-10-8-14-12-7-5-4-6-11(10)12/h4-8,14-15H,9H2,1-3H3/p+1. The summed E-state index contributed by atoms with van der Waals surface area (Å²) < 4.78 is 0. The first-order valence-electron chi connectivity index (χ1n) is 5.46. The molecule has 0 amide bonds. The van der Waals surface area contributed by atoms with E-state index in [0.717, 1.165) is 6.54 Å². The van der Waals surface area contributed by atoms with Crippen LogP contribution in [0.4, 0.5) is 0 Å². The van der Waals surface area contributed by atoms with Crippen molar-refractivity contribution < 1.29 is 5.32 Å². The Hall–Kier alpha value is -1.28. The van der Waals surface area contributed by atoms with Crippen LogP contribution in [0.25, 0.3) is 10.9 Å². The van der Waals surface area contributed by atoms with Gasteiger partial charge in [-0.3, -0.25) is 0 Å². The Morgan fingerprint density at radius 3 is 2.67 bits per heavy atom. The van der Waals surface area contributed by atoms with Gasteiger partial charge in [0.2, 0.25) is 0 Å². The van der Waals surface area contributed by atoms with E-state index in [0.29, 0.717) is 5.54 Å². The van der Waals surface area contributed by atoms with Gasteiger partial charge in [-0.2, -0.15) is 0 Å². The van der Waals surface area contributed by atoms with Crippen LogP contribution in [0, 0.1) is 0 Å². The summed E-state index contributed by atoms with van der Waals surface area (Å²) in [4.78, 5) is 3.30. The summed E-state index contributed by atoms with van der Waals surface area (Å²) in [5, 5.41) is 3.71. The number of rotatable bonds is 2. The molecule has 0 spiro atoms. The van der Waals surface area contributed by atoms with Crippen LogP contribution < -0.4 is 5.32 Å². The van der Waals surface area contributed by atoms with E-state index in [4.69, 9.17) is 0 Å². The van der Waals surface area contributed by atoms with Gasteiger partial charge in [0.05, 0.1) is 5.54 Å². The molecule has 80 valence electrons. The van der Waals surface area contributed by atoms with Gasteiger partial charge in [0.1, 0.15) is 6.54 Å². The predicted molar refractivity (Wildman–Crippen MR) is 63.7 cm³/mol. The lowest BCUT2D eigenvalue weighted by Crippen LogP contribution is -2.92. The molecular weight excluding hydrogens is 184 g/mol. The lowest BCUT2D eigenvalue weighted by atomic mass is 10.1. The normalized spacial score (nSPS) is 12.2. The zero-order valence-corrected chi connectivity index (χ0v) is 9.67. The molecule has 2 aromatic rings. The summed E-state index contributed by atoms with van der Waals surface area (Å²) >= 11 is 0. The van der Waals surface area contributed by atoms with Gasteiger partial charge in [-0.15, -0.1) is 0 Å². The number of aromatic nitrogens is 1. The van der Waals surface area contributed by atoms with Crippen LogP contribution in [0.5, 0.6) is 0 Å². The van der Waals surface area contributed by atoms with Gasteiger partial charge in [-0.25, -0.2) is 0 Å². The van der Waals surface area contributed by atoms with E-state index in [9.17, 15) is 0 Å². The second-order valence-electron chi connectivity index (χ2n) is 5.13. The second-order valence-corrected chi connectivity index (χ2v) is 5.13. The third kappa shape index (κ3) is 2.39. The zero-order chi connectivity index (χ0) is 10.9. The smallest absolute Gasteiger partial charge is 0.104 e. The van der Waals surface area contributed by atoms with Crippen LogP contribution >= 0.6 is 0 Å². The Morgan fingerprint density at radius 2 is 1.93 bits per heavy atom. The highest BCUT2D eigenvalue weighted by Gasteiger charge is 2.14. The first kappa shape index (κ1) is 10.2. The third-order valence-corrected chi connectivity index (χ3v) is 2.61. The van der Waals surface area contributed by atoms with Crippen molar-refractivity contribution in [3.05, 3.63) is 36.0 Å². The molecule has 0 atom stereocenters. The molecule has 0 aliphatic carbocycles. The molecule has 0 radical (unpaired) electrons. The van der Waals surface area contributed by atoms with Gasteiger partial charge in [-0.1, -0.05) is 18.2 Å². The van der Waals surface area contributed by atoms with Crippen molar-refractivity contribution in [1.29, 1.82) is 0 Å². The highest BCUT2D eigenvalue weighted by atomic mass is 14.9. The maximum Gasteiger partial charge on any atom is 0.104 e. The van der Waals surface area contributed by atoms with Crippen molar-refractivity contribution in [3.8, 4) is 0 Å². The fourth-order valence-corrected chi connectivity index (χ4v) is 1.72. The van der Waals surface area contributed by atoms with E-state index in [1.165, 1.54) is 16.5 Å². The van der Waals surface area contributed by atoms with E-state index in [2.05, 4.69) is 61.5 Å². The molecule has 0 bridgehead atoms. The van der Waals surface area contributed by atoms with Crippen LogP contribution in [0.2, 0.25) is 0 Å². The number of para-hydroxylation sites is 1. The molecule has 0 fully saturated rings. The predicted octanol–water partition coefficient (Wildman–Crippen LogP) is 2.03. The van der Waals surface area contributed by atoms with E-state index >= 15 is 0 Å². The van der Waals surface area contributed by atoms with Gasteiger partial charge in [0, 0.05) is 22.7 Å². The van der Waals surface area contributed by atoms with E-state index < -0.39 is 0 Å². The minimum Gasteiger partial charge on any atom is -0.361 e. The molecule has 0 saturated carbocycles. The molecule has 0 saturated heterocycles. The van der Waals surface area contributed by atoms with Crippen molar-refractivity contribution in [2.24, 2.45) is 0 Å². The summed E-state index contributed by atoms with van der Waals surface area (Å²) in [6, 6.07) is 8.46. The van der Waals surface area contributed by atoms with Crippen LogP contribution in [0.15, 0.2) is 30.5 Å². The number of nitrogens with two attached hydrogens (primary N) is 1. The maximum absolute atomic E-state index is 3.30. The molecule has 1 aromatic carbocycles. The molecule has 2 nitrogen and oxygen atoms in total. The maximum atomic E-state index is 3.30. The Bertz CT molecular complexity index is 449. The van der Waals surface area contributed by atoms with Crippen molar-refractivity contribution >= 4 is 10.9 Å². The van der Waals surface area contributed by atoms with Crippen LogP contribution in [-0.4, -0.2) is 10.5 Å². The van der Waals surface area contributed by atoms with Crippen LogP contribution in [0.1, 0.15) is 26.3 Å². The Labute approximate surface area is 90.7 Å². The minimum absolute atomic E-state index is 0.290. The zero-order valence-electron chi connectivity index (χ0n) is 9.67. The SMILES string of the molecule is CC(C)(C)[NH2+]Cc1c[nH]c2ccccc12. The van der Waals surface area contributed by atoms with Crippen molar-refractivity contribution in [3.63, 3.8) is 0 Å². The van der Waals surface area contributed by atoms with E-state index in [1.807, 2.05) is 0 Å². The molecule has 2 rings (SSSR count). The number of hydrogen-bond acceptors (Lipinski definition) is 0. The highest BCUT2D eigenvalue weighted by Crippen LogP contribution is 2.16. The number of quaternary nitrogens is 1. The van der Waals surface area contributed by atoms with E-state index in [1.54, 1.807) is 0 Å². The molecule has 1 heterocycles. The molecular formula is C13H19N2+. The first-order valence-corrected chi connectivity index (χ1v) is 5.46. The monoisotopic (exact) mass is 203 g/mol. The molecule has 3 N–H and O–H groups in total. The fraction of sp³-hybridized carbons (Fsp3) is 0.385. The van der Waals surface area contributed by atoms with Crippen molar-refractivity contribution in [1.82, 2.24) is 4.98 Å². The van der Waals surface area contributed by atoms with Gasteiger partial charge in [-0.05, 0) is 26.8 Å². The topological polar surface area (TPSA) is 32.4 Å². The minimum atomic E-state index is 0.290. The van der Waals surface area contributed by atoms with Crippen LogP contribution in [0.3, 0.4) is 0 Å². The quantitative estimate of drug-likeness (QED) is 0.748. The number of H-pyrrole nitrogens is 1. The summed E-state index contributed by atoms with van der Waals surface area (Å²) in [5.41, 5.74) is 2.91. The highest BCUT2D eigenvalue weighted by molar-refractivity contribution is 5.82. The third-order valence-electron chi connectivity index (χ3n) is 2.61. The number of benzene rings is 1. The van der Waals surface area contributed by atoms with Gasteiger partial charge in [0.15, 0.2) is 0 Å². The molecule has 2 heteroatoms. The first-order chi connectivity index (χ1) is 7.06. The molecule has 15 heavy (non-hydrogen) atoms.